The predicted molar refractivity (Wildman–Crippen MR) is 98.9 cm³/mol. The van der Waals surface area contributed by atoms with Gasteiger partial charge >= 0.3 is 12.1 Å². The van der Waals surface area contributed by atoms with Crippen molar-refractivity contribution in [1.82, 2.24) is 9.97 Å². The second kappa shape index (κ2) is 8.73. The molecule has 4 N–H and O–H groups in total. The van der Waals surface area contributed by atoms with Gasteiger partial charge in [-0.15, -0.1) is 0 Å². The second-order valence-electron chi connectivity index (χ2n) is 6.77. The van der Waals surface area contributed by atoms with Gasteiger partial charge in [-0.25, -0.2) is 18.5 Å². The van der Waals surface area contributed by atoms with E-state index in [9.17, 15) is 35.5 Å². The average Bonchev–Trinajstić information content (AvgIpc) is 2.69. The third-order valence-electron chi connectivity index (χ3n) is 4.42. The van der Waals surface area contributed by atoms with E-state index >= 15 is 0 Å². The van der Waals surface area contributed by atoms with Crippen molar-refractivity contribution in [3.8, 4) is 5.88 Å². The molecule has 32 heavy (non-hydrogen) atoms. The quantitative estimate of drug-likeness (QED) is 0.530. The highest BCUT2D eigenvalue weighted by Crippen LogP contribution is 2.46. The topological polar surface area (TPSA) is 137 Å². The Bertz CT molecular complexity index is 1070. The minimum absolute atomic E-state index is 0.0856. The number of nitrogens with zero attached hydrogens (tertiary/aromatic N) is 2. The minimum atomic E-state index is -5.95. The van der Waals surface area contributed by atoms with Crippen molar-refractivity contribution < 1.29 is 45.0 Å². The molecule has 9 nitrogen and oxygen atoms in total. The lowest BCUT2D eigenvalue weighted by molar-refractivity contribution is -0.290. The Balaban J connectivity index is 1.95. The van der Waals surface area contributed by atoms with Crippen LogP contribution >= 0.6 is 0 Å². The van der Waals surface area contributed by atoms with Gasteiger partial charge in [0.05, 0.1) is 17.6 Å². The Morgan fingerprint density at radius 3 is 2.41 bits per heavy atom. The normalized spacial score (nSPS) is 20.1. The van der Waals surface area contributed by atoms with E-state index in [-0.39, 0.29) is 36.4 Å². The molecule has 0 bridgehead atoms. The molecule has 1 aromatic heterocycles. The second-order valence-corrected chi connectivity index (χ2v) is 8.33. The molecule has 176 valence electrons. The number of primary sulfonamides is 1. The van der Waals surface area contributed by atoms with E-state index in [2.05, 4.69) is 15.3 Å². The zero-order valence-electron chi connectivity index (χ0n) is 16.0. The summed E-state index contributed by atoms with van der Waals surface area (Å²) >= 11 is 0. The summed E-state index contributed by atoms with van der Waals surface area (Å²) in [6.07, 6.45) is -8.01. The maximum atomic E-state index is 14.0. The monoisotopic (exact) mass is 484 g/mol. The van der Waals surface area contributed by atoms with Crippen molar-refractivity contribution in [3.63, 3.8) is 0 Å². The number of anilines is 2. The Morgan fingerprint density at radius 1 is 1.19 bits per heavy atom. The van der Waals surface area contributed by atoms with Gasteiger partial charge < -0.3 is 19.9 Å². The molecular weight excluding hydrogens is 467 g/mol. The van der Waals surface area contributed by atoms with E-state index in [4.69, 9.17) is 14.6 Å². The number of hydrogen-bond donors (Lipinski definition) is 3. The molecule has 1 saturated heterocycles. The first-order valence-corrected chi connectivity index (χ1v) is 10.5. The summed E-state index contributed by atoms with van der Waals surface area (Å²) in [5, 5.41) is 17.5. The zero-order valence-corrected chi connectivity index (χ0v) is 16.8. The number of halogens is 5. The van der Waals surface area contributed by atoms with Crippen LogP contribution in [0.1, 0.15) is 12.0 Å². The van der Waals surface area contributed by atoms with Crippen LogP contribution in [-0.2, 0) is 20.7 Å². The molecular formula is C17H17F5N4O5S. The molecule has 0 unspecified atom stereocenters. The number of sulfonamides is 1. The largest absolute Gasteiger partial charge is 0.469 e. The van der Waals surface area contributed by atoms with Crippen molar-refractivity contribution >= 4 is 21.7 Å². The highest BCUT2D eigenvalue weighted by atomic mass is 32.2. The van der Waals surface area contributed by atoms with E-state index < -0.39 is 51.7 Å². The van der Waals surface area contributed by atoms with Crippen molar-refractivity contribution in [1.29, 1.82) is 0 Å². The van der Waals surface area contributed by atoms with E-state index in [1.165, 1.54) is 12.1 Å². The fourth-order valence-electron chi connectivity index (χ4n) is 2.70. The molecule has 15 heteroatoms. The van der Waals surface area contributed by atoms with Crippen LogP contribution in [0.15, 0.2) is 35.4 Å². The number of nitrogens with two attached hydrogens (primary N) is 1. The van der Waals surface area contributed by atoms with Crippen LogP contribution in [0.3, 0.4) is 0 Å². The average molecular weight is 484 g/mol. The van der Waals surface area contributed by atoms with E-state index in [1.54, 1.807) is 0 Å². The molecule has 1 aliphatic rings. The van der Waals surface area contributed by atoms with Crippen LogP contribution in [-0.4, -0.2) is 55.1 Å². The fourth-order valence-corrected chi connectivity index (χ4v) is 3.21. The highest BCUT2D eigenvalue weighted by Gasteiger charge is 2.61. The van der Waals surface area contributed by atoms with E-state index in [0.717, 1.165) is 12.1 Å². The van der Waals surface area contributed by atoms with Crippen LogP contribution in [0.2, 0.25) is 0 Å². The van der Waals surface area contributed by atoms with Gasteiger partial charge in [-0.1, -0.05) is 0 Å². The lowest BCUT2D eigenvalue weighted by Gasteiger charge is -2.29. The number of aliphatic hydroxyl groups is 1. The van der Waals surface area contributed by atoms with Crippen molar-refractivity contribution in [2.24, 2.45) is 5.14 Å². The molecule has 0 spiro atoms. The number of rotatable bonds is 6. The summed E-state index contributed by atoms with van der Waals surface area (Å²) in [4.78, 5) is 6.88. The summed E-state index contributed by atoms with van der Waals surface area (Å²) < 4.78 is 99.7. The van der Waals surface area contributed by atoms with Gasteiger partial charge in [-0.05, 0) is 24.3 Å². The number of hydrogen-bond acceptors (Lipinski definition) is 8. The fraction of sp³-hybridized carbons (Fsp3) is 0.412. The van der Waals surface area contributed by atoms with Crippen LogP contribution in [0.25, 0.3) is 0 Å². The molecule has 0 amide bonds. The Labute approximate surface area is 178 Å². The van der Waals surface area contributed by atoms with Crippen LogP contribution in [0.5, 0.6) is 5.88 Å². The molecule has 2 atom stereocenters. The summed E-state index contributed by atoms with van der Waals surface area (Å²) in [5.41, 5.74) is -1.46. The highest BCUT2D eigenvalue weighted by molar-refractivity contribution is 7.89. The van der Waals surface area contributed by atoms with E-state index in [1.807, 2.05) is 0 Å². The number of ether oxygens (including phenoxy) is 2. The van der Waals surface area contributed by atoms with Gasteiger partial charge in [-0.3, -0.25) is 0 Å². The molecule has 3 rings (SSSR count). The molecule has 2 aromatic rings. The molecule has 1 aliphatic heterocycles. The zero-order chi connectivity index (χ0) is 23.7. The Kier molecular flexibility index (Phi) is 6.55. The summed E-state index contributed by atoms with van der Waals surface area (Å²) in [6, 6.07) is 4.77. The first kappa shape index (κ1) is 24.0. The van der Waals surface area contributed by atoms with E-state index in [0.29, 0.717) is 0 Å². The van der Waals surface area contributed by atoms with Gasteiger partial charge in [0.2, 0.25) is 21.9 Å². The SMILES string of the molecule is NS(=O)(=O)c1ccc(Nc2ncc(C(F)(F)C(F)(F)F)c(O[C@@H]3COCC[C@@H]3O)n2)cc1. The number of aliphatic hydroxyl groups excluding tert-OH is 1. The maximum absolute atomic E-state index is 14.0. The molecule has 0 radical (unpaired) electrons. The first-order chi connectivity index (χ1) is 14.8. The van der Waals surface area contributed by atoms with Gasteiger partial charge in [0.25, 0.3) is 0 Å². The molecule has 1 fully saturated rings. The third kappa shape index (κ3) is 5.23. The molecule has 0 aliphatic carbocycles. The number of alkyl halides is 5. The Hall–Kier alpha value is -2.62. The molecule has 2 heterocycles. The van der Waals surface area contributed by atoms with Crippen molar-refractivity contribution in [2.75, 3.05) is 18.5 Å². The lowest BCUT2D eigenvalue weighted by atomic mass is 10.1. The predicted octanol–water partition coefficient (Wildman–Crippen LogP) is 2.05. The maximum Gasteiger partial charge on any atom is 0.458 e. The van der Waals surface area contributed by atoms with Gasteiger partial charge in [0.15, 0.2) is 0 Å². The summed E-state index contributed by atoms with van der Waals surface area (Å²) in [7, 11) is -3.96. The molecule has 0 saturated carbocycles. The minimum Gasteiger partial charge on any atom is -0.469 e. The first-order valence-electron chi connectivity index (χ1n) is 8.93. The van der Waals surface area contributed by atoms with Gasteiger partial charge in [-0.2, -0.15) is 26.9 Å². The van der Waals surface area contributed by atoms with Crippen LogP contribution in [0.4, 0.5) is 33.6 Å². The molecule has 1 aromatic carbocycles. The summed E-state index contributed by atoms with van der Waals surface area (Å²) in [5.74, 6) is -6.85. The summed E-state index contributed by atoms with van der Waals surface area (Å²) in [6.45, 7) is -0.0856. The smallest absolute Gasteiger partial charge is 0.458 e. The van der Waals surface area contributed by atoms with Crippen molar-refractivity contribution in [2.45, 2.75) is 35.6 Å². The van der Waals surface area contributed by atoms with Crippen LogP contribution < -0.4 is 15.2 Å². The van der Waals surface area contributed by atoms with Crippen molar-refractivity contribution in [3.05, 3.63) is 36.0 Å². The third-order valence-corrected chi connectivity index (χ3v) is 5.35. The number of aromatic nitrogens is 2. The number of nitrogens with one attached hydrogen (secondary N) is 1. The van der Waals surface area contributed by atoms with Gasteiger partial charge in [0, 0.05) is 24.9 Å². The number of benzene rings is 1. The standard InChI is InChI=1S/C17H17F5N4O5S/c18-16(19,17(20,21)22)11-7-24-15(25-9-1-3-10(4-2-9)32(23,28)29)26-14(11)31-13-8-30-6-5-12(13)27/h1-4,7,12-13,27H,5-6,8H2,(H2,23,28,29)(H,24,25,26)/t12-,13+/m0/s1. The van der Waals surface area contributed by atoms with Gasteiger partial charge in [0.1, 0.15) is 11.7 Å². The van der Waals surface area contributed by atoms with Crippen LogP contribution in [0, 0.1) is 0 Å². The Morgan fingerprint density at radius 2 is 1.84 bits per heavy atom. The lowest BCUT2D eigenvalue weighted by Crippen LogP contribution is -2.42.